The molecule has 0 bridgehead atoms. The Labute approximate surface area is 152 Å². The molecule has 0 aliphatic heterocycles. The maximum Gasteiger partial charge on any atom is 0.341 e. The van der Waals surface area contributed by atoms with Crippen LogP contribution in [0.3, 0.4) is 0 Å². The van der Waals surface area contributed by atoms with Crippen molar-refractivity contribution in [3.05, 3.63) is 62.6 Å². The van der Waals surface area contributed by atoms with E-state index in [-0.39, 0.29) is 20.6 Å². The van der Waals surface area contributed by atoms with E-state index in [2.05, 4.69) is 5.32 Å². The normalized spacial score (nSPS) is 9.92. The molecule has 0 fully saturated rings. The van der Waals surface area contributed by atoms with E-state index in [4.69, 9.17) is 44.8 Å². The number of esters is 1. The van der Waals surface area contributed by atoms with E-state index in [0.717, 1.165) is 0 Å². The van der Waals surface area contributed by atoms with Crippen LogP contribution in [-0.4, -0.2) is 18.5 Å². The summed E-state index contributed by atoms with van der Waals surface area (Å²) in [5.74, 6) is -1.41. The lowest BCUT2D eigenvalue weighted by atomic mass is 10.2. The van der Waals surface area contributed by atoms with E-state index in [9.17, 15) is 9.59 Å². The summed E-state index contributed by atoms with van der Waals surface area (Å²) < 4.78 is 4.89. The van der Waals surface area contributed by atoms with Gasteiger partial charge >= 0.3 is 5.97 Å². The van der Waals surface area contributed by atoms with Gasteiger partial charge in [0.2, 0.25) is 0 Å². The molecule has 8 heteroatoms. The number of hydrogen-bond acceptors (Lipinski definition) is 4. The van der Waals surface area contributed by atoms with Crippen molar-refractivity contribution < 1.29 is 14.3 Å². The highest BCUT2D eigenvalue weighted by molar-refractivity contribution is 6.46. The molecule has 0 aliphatic rings. The maximum atomic E-state index is 12.0. The first-order valence-electron chi connectivity index (χ1n) is 6.53. The monoisotopic (exact) mass is 382 g/mol. The van der Waals surface area contributed by atoms with Crippen LogP contribution in [0.1, 0.15) is 15.9 Å². The van der Waals surface area contributed by atoms with Crippen LogP contribution in [0.4, 0.5) is 5.69 Å². The molecule has 2 aromatic carbocycles. The highest BCUT2D eigenvalue weighted by Gasteiger charge is 2.19. The predicted molar refractivity (Wildman–Crippen MR) is 91.5 cm³/mol. The summed E-state index contributed by atoms with van der Waals surface area (Å²) >= 11 is 17.6. The largest absolute Gasteiger partial charge is 0.452 e. The Bertz CT molecular complexity index is 830. The van der Waals surface area contributed by atoms with E-state index < -0.39 is 18.5 Å². The van der Waals surface area contributed by atoms with E-state index in [1.807, 2.05) is 6.07 Å². The average Bonchev–Trinajstić information content (AvgIpc) is 2.57. The van der Waals surface area contributed by atoms with E-state index >= 15 is 0 Å². The van der Waals surface area contributed by atoms with Gasteiger partial charge in [0.1, 0.15) is 0 Å². The molecule has 2 rings (SSSR count). The van der Waals surface area contributed by atoms with Crippen LogP contribution in [0.25, 0.3) is 0 Å². The second-order valence-electron chi connectivity index (χ2n) is 4.53. The molecule has 0 aromatic heterocycles. The van der Waals surface area contributed by atoms with Crippen molar-refractivity contribution in [3.8, 4) is 6.07 Å². The number of nitrogens with zero attached hydrogens (tertiary/aromatic N) is 1. The van der Waals surface area contributed by atoms with Crippen LogP contribution in [-0.2, 0) is 9.53 Å². The van der Waals surface area contributed by atoms with Gasteiger partial charge in [0.05, 0.1) is 32.3 Å². The fourth-order valence-corrected chi connectivity index (χ4v) is 2.43. The number of nitriles is 1. The van der Waals surface area contributed by atoms with Crippen molar-refractivity contribution in [1.29, 1.82) is 5.26 Å². The molecule has 0 saturated carbocycles. The van der Waals surface area contributed by atoms with Gasteiger partial charge in [-0.1, -0.05) is 34.8 Å². The van der Waals surface area contributed by atoms with Gasteiger partial charge in [0.25, 0.3) is 5.91 Å². The summed E-state index contributed by atoms with van der Waals surface area (Å²) in [7, 11) is 0. The summed E-state index contributed by atoms with van der Waals surface area (Å²) in [4.78, 5) is 23.8. The minimum Gasteiger partial charge on any atom is -0.452 e. The predicted octanol–water partition coefficient (Wildman–Crippen LogP) is 4.31. The third-order valence-electron chi connectivity index (χ3n) is 2.88. The van der Waals surface area contributed by atoms with Crippen molar-refractivity contribution in [2.24, 2.45) is 0 Å². The molecule has 0 heterocycles. The Morgan fingerprint density at radius 1 is 1.04 bits per heavy atom. The molecule has 122 valence electrons. The van der Waals surface area contributed by atoms with Gasteiger partial charge < -0.3 is 10.1 Å². The summed E-state index contributed by atoms with van der Waals surface area (Å²) in [6, 6.07) is 11.0. The summed E-state index contributed by atoms with van der Waals surface area (Å²) in [6.07, 6.45) is 0. The highest BCUT2D eigenvalue weighted by atomic mass is 35.5. The second kappa shape index (κ2) is 8.02. The summed E-state index contributed by atoms with van der Waals surface area (Å²) in [6.45, 7) is -0.530. The lowest BCUT2D eigenvalue weighted by molar-refractivity contribution is -0.119. The molecular formula is C16H9Cl3N2O3. The van der Waals surface area contributed by atoms with Crippen molar-refractivity contribution in [3.63, 3.8) is 0 Å². The topological polar surface area (TPSA) is 79.2 Å². The first-order chi connectivity index (χ1) is 11.4. The molecule has 2 aromatic rings. The lowest BCUT2D eigenvalue weighted by Gasteiger charge is -2.09. The molecule has 0 radical (unpaired) electrons. The van der Waals surface area contributed by atoms with E-state index in [1.54, 1.807) is 24.3 Å². The van der Waals surface area contributed by atoms with Crippen LogP contribution in [0, 0.1) is 11.3 Å². The molecule has 5 nitrogen and oxygen atoms in total. The number of anilines is 1. The number of carbonyl (C=O) groups is 2. The Kier molecular flexibility index (Phi) is 6.04. The molecule has 1 N–H and O–H groups in total. The van der Waals surface area contributed by atoms with Crippen LogP contribution in [0.15, 0.2) is 36.4 Å². The maximum absolute atomic E-state index is 12.0. The Morgan fingerprint density at radius 2 is 1.67 bits per heavy atom. The molecule has 0 spiro atoms. The number of ether oxygens (including phenoxy) is 1. The highest BCUT2D eigenvalue weighted by Crippen LogP contribution is 2.31. The quantitative estimate of drug-likeness (QED) is 0.630. The average molecular weight is 384 g/mol. The Balaban J connectivity index is 1.97. The van der Waals surface area contributed by atoms with Gasteiger partial charge in [0.15, 0.2) is 6.61 Å². The van der Waals surface area contributed by atoms with Gasteiger partial charge in [-0.25, -0.2) is 4.79 Å². The third-order valence-corrected chi connectivity index (χ3v) is 4.00. The SMILES string of the molecule is N#Cc1ccc(NC(=O)COC(=O)c2c(Cl)ccc(Cl)c2Cl)cc1. The van der Waals surface area contributed by atoms with E-state index in [0.29, 0.717) is 11.3 Å². The molecular weight excluding hydrogens is 375 g/mol. The number of rotatable bonds is 4. The Morgan fingerprint density at radius 3 is 2.29 bits per heavy atom. The number of amides is 1. The number of nitrogens with one attached hydrogen (secondary N) is 1. The van der Waals surface area contributed by atoms with Crippen LogP contribution >= 0.6 is 34.8 Å². The minimum absolute atomic E-state index is 0.0401. The van der Waals surface area contributed by atoms with Gasteiger partial charge in [-0.05, 0) is 36.4 Å². The fourth-order valence-electron chi connectivity index (χ4n) is 1.74. The van der Waals surface area contributed by atoms with Crippen molar-refractivity contribution in [1.82, 2.24) is 0 Å². The van der Waals surface area contributed by atoms with Crippen LogP contribution in [0.2, 0.25) is 15.1 Å². The zero-order chi connectivity index (χ0) is 17.7. The first-order valence-corrected chi connectivity index (χ1v) is 7.66. The Hall–Kier alpha value is -2.26. The number of carbonyl (C=O) groups excluding carboxylic acids is 2. The third kappa shape index (κ3) is 4.39. The fraction of sp³-hybridized carbons (Fsp3) is 0.0625. The zero-order valence-electron chi connectivity index (χ0n) is 12.0. The molecule has 0 saturated heterocycles. The molecule has 0 atom stereocenters. The molecule has 1 amide bonds. The summed E-state index contributed by atoms with van der Waals surface area (Å²) in [5, 5.41) is 11.4. The van der Waals surface area contributed by atoms with Crippen molar-refractivity contribution in [2.45, 2.75) is 0 Å². The van der Waals surface area contributed by atoms with Gasteiger partial charge in [0, 0.05) is 5.69 Å². The number of benzene rings is 2. The first kappa shape index (κ1) is 18.1. The molecule has 24 heavy (non-hydrogen) atoms. The number of halogens is 3. The minimum atomic E-state index is -0.859. The van der Waals surface area contributed by atoms with Crippen molar-refractivity contribution >= 4 is 52.4 Å². The van der Waals surface area contributed by atoms with Crippen LogP contribution in [0.5, 0.6) is 0 Å². The summed E-state index contributed by atoms with van der Waals surface area (Å²) in [5.41, 5.74) is 0.829. The number of hydrogen-bond donors (Lipinski definition) is 1. The second-order valence-corrected chi connectivity index (χ2v) is 5.72. The lowest BCUT2D eigenvalue weighted by Crippen LogP contribution is -2.21. The zero-order valence-corrected chi connectivity index (χ0v) is 14.2. The smallest absolute Gasteiger partial charge is 0.341 e. The standard InChI is InChI=1S/C16H9Cl3N2O3/c17-11-5-6-12(18)15(19)14(11)16(23)24-8-13(22)21-10-3-1-9(7-20)2-4-10/h1-6H,8H2,(H,21,22). The molecule has 0 aliphatic carbocycles. The van der Waals surface area contributed by atoms with Crippen molar-refractivity contribution in [2.75, 3.05) is 11.9 Å². The van der Waals surface area contributed by atoms with Crippen LogP contribution < -0.4 is 5.32 Å². The van der Waals surface area contributed by atoms with Gasteiger partial charge in [-0.3, -0.25) is 4.79 Å². The van der Waals surface area contributed by atoms with Gasteiger partial charge in [-0.2, -0.15) is 5.26 Å². The van der Waals surface area contributed by atoms with E-state index in [1.165, 1.54) is 12.1 Å². The van der Waals surface area contributed by atoms with Gasteiger partial charge in [-0.15, -0.1) is 0 Å². The molecule has 0 unspecified atom stereocenters.